The summed E-state index contributed by atoms with van der Waals surface area (Å²) in [5.41, 5.74) is 3.87. The highest BCUT2D eigenvalue weighted by molar-refractivity contribution is 7.99. The van der Waals surface area contributed by atoms with Crippen molar-refractivity contribution >= 4 is 28.8 Å². The molecule has 4 rings (SSSR count). The monoisotopic (exact) mass is 441 g/mol. The molecule has 1 atom stereocenters. The van der Waals surface area contributed by atoms with Crippen LogP contribution in [0.2, 0.25) is 0 Å². The number of ether oxygens (including phenoxy) is 3. The van der Waals surface area contributed by atoms with Crippen molar-refractivity contribution < 1.29 is 14.2 Å². The smallest absolute Gasteiger partial charge is 0.203 e. The number of hydrogen-bond acceptors (Lipinski definition) is 6. The van der Waals surface area contributed by atoms with E-state index in [9.17, 15) is 0 Å². The van der Waals surface area contributed by atoms with E-state index in [0.717, 1.165) is 19.5 Å². The number of thioether (sulfide) groups is 1. The second-order valence-electron chi connectivity index (χ2n) is 7.27. The van der Waals surface area contributed by atoms with Gasteiger partial charge in [-0.25, -0.2) is 0 Å². The van der Waals surface area contributed by atoms with Crippen LogP contribution in [0.1, 0.15) is 27.7 Å². The van der Waals surface area contributed by atoms with Crippen LogP contribution in [0.15, 0.2) is 52.7 Å². The molecule has 3 aromatic rings. The molecule has 0 radical (unpaired) electrons. The van der Waals surface area contributed by atoms with Gasteiger partial charge in [-0.15, -0.1) is 23.1 Å². The third-order valence-corrected chi connectivity index (χ3v) is 7.90. The third-order valence-electron chi connectivity index (χ3n) is 5.50. The van der Waals surface area contributed by atoms with Gasteiger partial charge < -0.3 is 19.1 Å². The van der Waals surface area contributed by atoms with Crippen molar-refractivity contribution in [2.75, 3.05) is 32.8 Å². The maximum absolute atomic E-state index is 5.59. The highest BCUT2D eigenvalue weighted by Crippen LogP contribution is 2.49. The molecule has 0 aliphatic carbocycles. The predicted molar refractivity (Wildman–Crippen MR) is 126 cm³/mol. The number of rotatable bonds is 6. The van der Waals surface area contributed by atoms with Gasteiger partial charge in [0, 0.05) is 21.6 Å². The summed E-state index contributed by atoms with van der Waals surface area (Å²) in [4.78, 5) is 5.25. The molecule has 2 heterocycles. The number of benzene rings is 2. The number of aryl methyl sites for hydroxylation is 1. The molecule has 2 aromatic carbocycles. The lowest BCUT2D eigenvalue weighted by Gasteiger charge is -2.24. The first kappa shape index (κ1) is 20.9. The molecule has 0 spiro atoms. The van der Waals surface area contributed by atoms with Gasteiger partial charge in [0.1, 0.15) is 0 Å². The van der Waals surface area contributed by atoms with E-state index in [2.05, 4.69) is 59.7 Å². The van der Waals surface area contributed by atoms with Gasteiger partial charge >= 0.3 is 0 Å². The summed E-state index contributed by atoms with van der Waals surface area (Å²) < 4.78 is 16.7. The van der Waals surface area contributed by atoms with Crippen LogP contribution in [0.3, 0.4) is 0 Å². The van der Waals surface area contributed by atoms with Crippen molar-refractivity contribution in [3.63, 3.8) is 0 Å². The molecule has 0 fully saturated rings. The van der Waals surface area contributed by atoms with Crippen molar-refractivity contribution in [3.05, 3.63) is 63.8 Å². The Hall–Kier alpha value is -2.31. The fourth-order valence-corrected chi connectivity index (χ4v) is 6.05. The highest BCUT2D eigenvalue weighted by atomic mass is 32.2. The standard InChI is InChI=1S/C24H27NO3S2/c1-16-10-12-29-23(16)15-25-11-9-21(30-22-8-6-5-7-18(22)25)17-13-19(26-2)24(28-4)20(14-17)27-3/h5-8,10,12-14,21H,9,11,15H2,1-4H3/t21-/m0/s1. The normalized spacial score (nSPS) is 16.0. The molecule has 1 aliphatic rings. The minimum atomic E-state index is 0.300. The van der Waals surface area contributed by atoms with Crippen LogP contribution in [0.4, 0.5) is 5.69 Å². The second kappa shape index (κ2) is 9.23. The van der Waals surface area contributed by atoms with E-state index in [1.54, 1.807) is 21.3 Å². The fraction of sp³-hybridized carbons (Fsp3) is 0.333. The van der Waals surface area contributed by atoms with E-state index >= 15 is 0 Å². The van der Waals surface area contributed by atoms with Gasteiger partial charge in [0.05, 0.1) is 33.6 Å². The summed E-state index contributed by atoms with van der Waals surface area (Å²) >= 11 is 3.75. The predicted octanol–water partition coefficient (Wildman–Crippen LogP) is 6.33. The zero-order chi connectivity index (χ0) is 21.1. The zero-order valence-corrected chi connectivity index (χ0v) is 19.4. The van der Waals surface area contributed by atoms with Crippen LogP contribution in [0, 0.1) is 6.92 Å². The second-order valence-corrected chi connectivity index (χ2v) is 9.52. The Kier molecular flexibility index (Phi) is 6.44. The molecule has 0 saturated carbocycles. The average Bonchev–Trinajstić information content (AvgIpc) is 3.09. The van der Waals surface area contributed by atoms with Gasteiger partial charge in [0.15, 0.2) is 11.5 Å². The van der Waals surface area contributed by atoms with Crippen molar-refractivity contribution in [1.29, 1.82) is 0 Å². The van der Waals surface area contributed by atoms with Crippen molar-refractivity contribution in [1.82, 2.24) is 0 Å². The number of nitrogens with zero attached hydrogens (tertiary/aromatic N) is 1. The van der Waals surface area contributed by atoms with E-state index in [1.807, 2.05) is 23.1 Å². The van der Waals surface area contributed by atoms with E-state index < -0.39 is 0 Å². The zero-order valence-electron chi connectivity index (χ0n) is 17.8. The molecular formula is C24H27NO3S2. The molecule has 0 amide bonds. The number of thiophene rings is 1. The summed E-state index contributed by atoms with van der Waals surface area (Å²) in [7, 11) is 4.98. The van der Waals surface area contributed by atoms with Crippen LogP contribution in [0.25, 0.3) is 0 Å². The summed E-state index contributed by atoms with van der Waals surface area (Å²) in [5.74, 6) is 2.05. The van der Waals surface area contributed by atoms with E-state index in [4.69, 9.17) is 14.2 Å². The van der Waals surface area contributed by atoms with Crippen LogP contribution in [0.5, 0.6) is 17.2 Å². The molecular weight excluding hydrogens is 414 g/mol. The Balaban J connectivity index is 1.68. The Bertz CT molecular complexity index is 992. The van der Waals surface area contributed by atoms with Gasteiger partial charge in [-0.2, -0.15) is 0 Å². The van der Waals surface area contributed by atoms with Gasteiger partial charge in [0.25, 0.3) is 0 Å². The molecule has 0 unspecified atom stereocenters. The lowest BCUT2D eigenvalue weighted by Crippen LogP contribution is -2.23. The minimum Gasteiger partial charge on any atom is -0.493 e. The summed E-state index contributed by atoms with van der Waals surface area (Å²) in [6.45, 7) is 4.13. The van der Waals surface area contributed by atoms with Crippen molar-refractivity contribution in [2.24, 2.45) is 0 Å². The van der Waals surface area contributed by atoms with Crippen molar-refractivity contribution in [2.45, 2.75) is 30.0 Å². The quantitative estimate of drug-likeness (QED) is 0.446. The maximum atomic E-state index is 5.59. The fourth-order valence-electron chi connectivity index (χ4n) is 3.85. The SMILES string of the molecule is COc1cc([C@@H]2CCN(Cc3sccc3C)c3ccccc3S2)cc(OC)c1OC. The first-order chi connectivity index (χ1) is 14.6. The maximum Gasteiger partial charge on any atom is 0.203 e. The Labute approximate surface area is 186 Å². The Morgan fingerprint density at radius 2 is 1.73 bits per heavy atom. The molecule has 4 nitrogen and oxygen atoms in total. The molecule has 6 heteroatoms. The number of methoxy groups -OCH3 is 3. The Morgan fingerprint density at radius 3 is 2.37 bits per heavy atom. The Morgan fingerprint density at radius 1 is 1.00 bits per heavy atom. The minimum absolute atomic E-state index is 0.300. The first-order valence-corrected chi connectivity index (χ1v) is 11.7. The van der Waals surface area contributed by atoms with Crippen LogP contribution < -0.4 is 19.1 Å². The number of para-hydroxylation sites is 1. The van der Waals surface area contributed by atoms with E-state index in [-0.39, 0.29) is 0 Å². The molecule has 0 saturated heterocycles. The molecule has 0 N–H and O–H groups in total. The number of fused-ring (bicyclic) bond motifs is 1. The summed E-state index contributed by atoms with van der Waals surface area (Å²) in [6, 6.07) is 15.1. The average molecular weight is 442 g/mol. The van der Waals surface area contributed by atoms with Crippen molar-refractivity contribution in [3.8, 4) is 17.2 Å². The lowest BCUT2D eigenvalue weighted by atomic mass is 10.1. The van der Waals surface area contributed by atoms with Gasteiger partial charge in [0.2, 0.25) is 5.75 Å². The van der Waals surface area contributed by atoms with Gasteiger partial charge in [-0.1, -0.05) is 12.1 Å². The summed E-state index contributed by atoms with van der Waals surface area (Å²) in [5, 5.41) is 2.48. The van der Waals surface area contributed by atoms with E-state index in [1.165, 1.54) is 26.6 Å². The number of hydrogen-bond donors (Lipinski definition) is 0. The highest BCUT2D eigenvalue weighted by Gasteiger charge is 2.26. The van der Waals surface area contributed by atoms with Crippen LogP contribution in [-0.4, -0.2) is 27.9 Å². The third kappa shape index (κ3) is 4.12. The molecule has 0 bridgehead atoms. The lowest BCUT2D eigenvalue weighted by molar-refractivity contribution is 0.323. The molecule has 30 heavy (non-hydrogen) atoms. The molecule has 1 aliphatic heterocycles. The van der Waals surface area contributed by atoms with Gasteiger partial charge in [-0.05, 0) is 60.2 Å². The molecule has 1 aromatic heterocycles. The topological polar surface area (TPSA) is 30.9 Å². The first-order valence-electron chi connectivity index (χ1n) is 9.98. The largest absolute Gasteiger partial charge is 0.493 e. The number of anilines is 1. The molecule has 158 valence electrons. The summed E-state index contributed by atoms with van der Waals surface area (Å²) in [6.07, 6.45) is 1.03. The van der Waals surface area contributed by atoms with Gasteiger partial charge in [-0.3, -0.25) is 0 Å². The van der Waals surface area contributed by atoms with Crippen LogP contribution in [-0.2, 0) is 6.54 Å². The van der Waals surface area contributed by atoms with E-state index in [0.29, 0.717) is 22.5 Å². The van der Waals surface area contributed by atoms with Crippen LogP contribution >= 0.6 is 23.1 Å².